The second-order valence-corrected chi connectivity index (χ2v) is 10.0. The molecule has 1 aliphatic carbocycles. The molecular weight excluding hydrogens is 466 g/mol. The first-order chi connectivity index (χ1) is 15.8. The van der Waals surface area contributed by atoms with Crippen molar-refractivity contribution in [3.05, 3.63) is 53.1 Å². The highest BCUT2D eigenvalue weighted by molar-refractivity contribution is 7.89. The van der Waals surface area contributed by atoms with Crippen molar-refractivity contribution in [2.75, 3.05) is 19.0 Å². The van der Waals surface area contributed by atoms with E-state index in [1.807, 2.05) is 0 Å². The summed E-state index contributed by atoms with van der Waals surface area (Å²) in [5.74, 6) is -1.13. The summed E-state index contributed by atoms with van der Waals surface area (Å²) in [6, 6.07) is 11.2. The maximum atomic E-state index is 12.6. The summed E-state index contributed by atoms with van der Waals surface area (Å²) in [5.41, 5.74) is 1.22. The van der Waals surface area contributed by atoms with E-state index < -0.39 is 21.8 Å². The number of ether oxygens (including phenoxy) is 1. The molecule has 0 heterocycles. The van der Waals surface area contributed by atoms with Crippen LogP contribution in [0.1, 0.15) is 37.7 Å². The molecule has 0 spiro atoms. The first-order valence-corrected chi connectivity index (χ1v) is 12.7. The minimum atomic E-state index is -3.55. The Bertz CT molecular complexity index is 1080. The van der Waals surface area contributed by atoms with Crippen LogP contribution in [0.5, 0.6) is 5.75 Å². The highest BCUT2D eigenvalue weighted by Crippen LogP contribution is 2.27. The third kappa shape index (κ3) is 7.18. The number of nitrogens with one attached hydrogen (secondary N) is 3. The molecule has 2 aromatic carbocycles. The van der Waals surface area contributed by atoms with Gasteiger partial charge in [0.05, 0.1) is 17.0 Å². The third-order valence-electron chi connectivity index (χ3n) is 5.48. The van der Waals surface area contributed by atoms with Gasteiger partial charge in [-0.15, -0.1) is 0 Å². The van der Waals surface area contributed by atoms with Crippen LogP contribution in [0.25, 0.3) is 0 Å². The zero-order valence-electron chi connectivity index (χ0n) is 18.4. The lowest BCUT2D eigenvalue weighted by Gasteiger charge is -2.22. The second-order valence-electron chi connectivity index (χ2n) is 7.91. The quantitative estimate of drug-likeness (QED) is 0.488. The van der Waals surface area contributed by atoms with Gasteiger partial charge in [-0.1, -0.05) is 43.0 Å². The SMILES string of the molecule is COc1ccc(NC(=O)C(=O)NCCc2ccc(S(=O)(=O)NC3CCCCC3)cc2)cc1Cl. The largest absolute Gasteiger partial charge is 0.495 e. The number of benzene rings is 2. The van der Waals surface area contributed by atoms with Crippen LogP contribution in [0.2, 0.25) is 5.02 Å². The molecule has 33 heavy (non-hydrogen) atoms. The molecule has 0 unspecified atom stereocenters. The number of hydrogen-bond acceptors (Lipinski definition) is 5. The van der Waals surface area contributed by atoms with Crippen molar-refractivity contribution in [2.45, 2.75) is 49.5 Å². The van der Waals surface area contributed by atoms with E-state index in [2.05, 4.69) is 15.4 Å². The lowest BCUT2D eigenvalue weighted by atomic mass is 9.96. The van der Waals surface area contributed by atoms with E-state index in [9.17, 15) is 18.0 Å². The smallest absolute Gasteiger partial charge is 0.313 e. The number of halogens is 1. The van der Waals surface area contributed by atoms with E-state index in [-0.39, 0.29) is 17.5 Å². The summed E-state index contributed by atoms with van der Waals surface area (Å²) in [6.07, 6.45) is 5.43. The Morgan fingerprint density at radius 3 is 2.36 bits per heavy atom. The highest BCUT2D eigenvalue weighted by atomic mass is 35.5. The van der Waals surface area contributed by atoms with E-state index in [1.165, 1.54) is 13.2 Å². The topological polar surface area (TPSA) is 114 Å². The maximum Gasteiger partial charge on any atom is 0.313 e. The van der Waals surface area contributed by atoms with Gasteiger partial charge in [-0.05, 0) is 55.2 Å². The Kier molecular flexibility index (Phi) is 8.71. The van der Waals surface area contributed by atoms with E-state index in [0.717, 1.165) is 37.7 Å². The zero-order chi connectivity index (χ0) is 23.8. The van der Waals surface area contributed by atoms with E-state index >= 15 is 0 Å². The van der Waals surface area contributed by atoms with Crippen LogP contribution in [-0.2, 0) is 26.0 Å². The van der Waals surface area contributed by atoms with E-state index in [1.54, 1.807) is 36.4 Å². The number of methoxy groups -OCH3 is 1. The number of anilines is 1. The van der Waals surface area contributed by atoms with Gasteiger partial charge in [-0.2, -0.15) is 0 Å². The second kappa shape index (κ2) is 11.5. The van der Waals surface area contributed by atoms with Crippen LogP contribution < -0.4 is 20.1 Å². The van der Waals surface area contributed by atoms with Gasteiger partial charge < -0.3 is 15.4 Å². The molecular formula is C23H28ClN3O5S. The Morgan fingerprint density at radius 2 is 1.73 bits per heavy atom. The summed E-state index contributed by atoms with van der Waals surface area (Å²) in [4.78, 5) is 24.3. The monoisotopic (exact) mass is 493 g/mol. The zero-order valence-corrected chi connectivity index (χ0v) is 20.0. The minimum absolute atomic E-state index is 0.00118. The summed E-state index contributed by atoms with van der Waals surface area (Å²) in [7, 11) is -2.07. The number of sulfonamides is 1. The fourth-order valence-corrected chi connectivity index (χ4v) is 5.24. The minimum Gasteiger partial charge on any atom is -0.495 e. The lowest BCUT2D eigenvalue weighted by molar-refractivity contribution is -0.136. The predicted octanol–water partition coefficient (Wildman–Crippen LogP) is 3.26. The molecule has 0 aliphatic heterocycles. The fraction of sp³-hybridized carbons (Fsp3) is 0.391. The molecule has 0 aromatic heterocycles. The van der Waals surface area contributed by atoms with Gasteiger partial charge >= 0.3 is 11.8 Å². The van der Waals surface area contributed by atoms with Gasteiger partial charge in [0.1, 0.15) is 5.75 Å². The Morgan fingerprint density at radius 1 is 1.03 bits per heavy atom. The van der Waals surface area contributed by atoms with Gasteiger partial charge in [-0.25, -0.2) is 13.1 Å². The fourth-order valence-electron chi connectivity index (χ4n) is 3.68. The molecule has 8 nitrogen and oxygen atoms in total. The van der Waals surface area contributed by atoms with E-state index in [0.29, 0.717) is 22.9 Å². The van der Waals surface area contributed by atoms with Gasteiger partial charge in [0.2, 0.25) is 10.0 Å². The molecule has 1 fully saturated rings. The molecule has 0 atom stereocenters. The standard InChI is InChI=1S/C23H28ClN3O5S/c1-32-21-12-9-18(15-20(21)24)26-23(29)22(28)25-14-13-16-7-10-19(11-8-16)33(30,31)27-17-5-3-2-4-6-17/h7-12,15,17,27H,2-6,13-14H2,1H3,(H,25,28)(H,26,29). The average molecular weight is 494 g/mol. The molecule has 1 aliphatic rings. The molecule has 2 aromatic rings. The number of carbonyl (C=O) groups is 2. The van der Waals surface area contributed by atoms with Crippen molar-refractivity contribution in [3.8, 4) is 5.75 Å². The molecule has 2 amide bonds. The van der Waals surface area contributed by atoms with Gasteiger partial charge in [-0.3, -0.25) is 9.59 Å². The molecule has 3 rings (SSSR count). The molecule has 0 saturated heterocycles. The van der Waals surface area contributed by atoms with Crippen molar-refractivity contribution in [3.63, 3.8) is 0 Å². The summed E-state index contributed by atoms with van der Waals surface area (Å²) in [5, 5.41) is 5.34. The molecule has 0 bridgehead atoms. The van der Waals surface area contributed by atoms with Gasteiger partial charge in [0.25, 0.3) is 0 Å². The number of rotatable bonds is 8. The van der Waals surface area contributed by atoms with Crippen LogP contribution in [0.3, 0.4) is 0 Å². The normalized spacial score (nSPS) is 14.5. The molecule has 178 valence electrons. The van der Waals surface area contributed by atoms with Crippen LogP contribution in [0, 0.1) is 0 Å². The summed E-state index contributed by atoms with van der Waals surface area (Å²) in [6.45, 7) is 0.224. The van der Waals surface area contributed by atoms with Crippen LogP contribution >= 0.6 is 11.6 Å². The van der Waals surface area contributed by atoms with Crippen molar-refractivity contribution < 1.29 is 22.7 Å². The summed E-state index contributed by atoms with van der Waals surface area (Å²) >= 11 is 6.01. The number of hydrogen-bond donors (Lipinski definition) is 3. The third-order valence-corrected chi connectivity index (χ3v) is 7.31. The van der Waals surface area contributed by atoms with Crippen LogP contribution in [-0.4, -0.2) is 39.9 Å². The van der Waals surface area contributed by atoms with Crippen molar-refractivity contribution in [1.82, 2.24) is 10.0 Å². The maximum absolute atomic E-state index is 12.6. The van der Waals surface area contributed by atoms with Crippen molar-refractivity contribution in [1.29, 1.82) is 0 Å². The summed E-state index contributed by atoms with van der Waals surface area (Å²) < 4.78 is 33.0. The number of carbonyl (C=O) groups excluding carboxylic acids is 2. The van der Waals surface area contributed by atoms with Crippen LogP contribution in [0.15, 0.2) is 47.4 Å². The predicted molar refractivity (Wildman–Crippen MR) is 127 cm³/mol. The Hall–Kier alpha value is -2.62. The highest BCUT2D eigenvalue weighted by Gasteiger charge is 2.21. The van der Waals surface area contributed by atoms with Gasteiger partial charge in [0.15, 0.2) is 0 Å². The van der Waals surface area contributed by atoms with Crippen LogP contribution in [0.4, 0.5) is 5.69 Å². The Balaban J connectivity index is 1.46. The first kappa shape index (κ1) is 25.0. The van der Waals surface area contributed by atoms with Gasteiger partial charge in [0, 0.05) is 18.3 Å². The molecule has 10 heteroatoms. The van der Waals surface area contributed by atoms with E-state index in [4.69, 9.17) is 16.3 Å². The van der Waals surface area contributed by atoms with Crippen molar-refractivity contribution >= 4 is 39.1 Å². The number of amides is 2. The molecule has 3 N–H and O–H groups in total. The average Bonchev–Trinajstić information content (AvgIpc) is 2.80. The van der Waals surface area contributed by atoms with Crippen molar-refractivity contribution in [2.24, 2.45) is 0 Å². The first-order valence-electron chi connectivity index (χ1n) is 10.8. The Labute approximate surface area is 199 Å². The lowest BCUT2D eigenvalue weighted by Crippen LogP contribution is -2.36. The molecule has 1 saturated carbocycles. The molecule has 0 radical (unpaired) electrons.